The lowest BCUT2D eigenvalue weighted by Gasteiger charge is -2.10. The Kier molecular flexibility index (Phi) is 6.19. The molecule has 2 aromatic rings. The lowest BCUT2D eigenvalue weighted by molar-refractivity contribution is 0.120. The van der Waals surface area contributed by atoms with E-state index in [1.807, 2.05) is 0 Å². The smallest absolute Gasteiger partial charge is 0.481 e. The molecular weight excluding hydrogens is 400 g/mol. The summed E-state index contributed by atoms with van der Waals surface area (Å²) in [6, 6.07) is 0.159. The lowest BCUT2D eigenvalue weighted by atomic mass is 10.6. The molecule has 2 heterocycles. The Labute approximate surface area is 158 Å². The van der Waals surface area contributed by atoms with E-state index in [4.69, 9.17) is 14.2 Å². The number of amides is 2. The molecule has 2 N–H and O–H groups in total. The summed E-state index contributed by atoms with van der Waals surface area (Å²) in [5, 5.41) is 5.22. The molecule has 0 fully saturated rings. The Morgan fingerprint density at radius 3 is 2.25 bits per heavy atom. The number of hydrogen-bond donors (Lipinski definition) is 2. The van der Waals surface area contributed by atoms with Crippen molar-refractivity contribution < 1.29 is 37.0 Å². The van der Waals surface area contributed by atoms with E-state index >= 15 is 0 Å². The van der Waals surface area contributed by atoms with Crippen LogP contribution in [0.5, 0.6) is 17.5 Å². The van der Waals surface area contributed by atoms with Crippen molar-refractivity contribution in [3.63, 3.8) is 0 Å². The Balaban J connectivity index is 2.22. The average Bonchev–Trinajstić information content (AvgIpc) is 3.01. The van der Waals surface area contributed by atoms with Crippen molar-refractivity contribution in [2.75, 3.05) is 26.6 Å². The topological polar surface area (TPSA) is 173 Å². The zero-order valence-electron chi connectivity index (χ0n) is 15.1. The highest BCUT2D eigenvalue weighted by molar-refractivity contribution is 7.90. The molecular formula is C13H16N6O8S. The minimum Gasteiger partial charge on any atom is -0.481 e. The van der Waals surface area contributed by atoms with Gasteiger partial charge in [-0.2, -0.15) is 23.5 Å². The number of anilines is 1. The van der Waals surface area contributed by atoms with E-state index in [1.54, 1.807) is 4.72 Å². The van der Waals surface area contributed by atoms with Crippen LogP contribution in [0.2, 0.25) is 0 Å². The Hall–Kier alpha value is -3.62. The van der Waals surface area contributed by atoms with Crippen LogP contribution in [0.3, 0.4) is 0 Å². The van der Waals surface area contributed by atoms with E-state index in [1.165, 1.54) is 27.3 Å². The molecule has 0 bridgehead atoms. The molecule has 0 aliphatic rings. The molecule has 0 aromatic carbocycles. The molecule has 0 radical (unpaired) electrons. The van der Waals surface area contributed by atoms with Crippen LogP contribution < -0.4 is 24.2 Å². The quantitative estimate of drug-likeness (QED) is 0.601. The summed E-state index contributed by atoms with van der Waals surface area (Å²) >= 11 is 0. The summed E-state index contributed by atoms with van der Waals surface area (Å²) < 4.78 is 46.5. The highest BCUT2D eigenvalue weighted by atomic mass is 32.2. The summed E-state index contributed by atoms with van der Waals surface area (Å²) in [6.07, 6.45) is -0.190. The van der Waals surface area contributed by atoms with Crippen molar-refractivity contribution in [1.82, 2.24) is 24.5 Å². The second-order valence-electron chi connectivity index (χ2n) is 4.83. The predicted octanol–water partition coefficient (Wildman–Crippen LogP) is -0.117. The monoisotopic (exact) mass is 416 g/mol. The number of nitrogens with zero attached hydrogens (tertiary/aromatic N) is 4. The molecule has 2 rings (SSSR count). The minimum absolute atomic E-state index is 0.0744. The first-order valence-corrected chi connectivity index (χ1v) is 8.77. The Morgan fingerprint density at radius 1 is 1.11 bits per heavy atom. The fourth-order valence-electron chi connectivity index (χ4n) is 1.88. The number of carbonyl (C=O) groups is 2. The number of aryl methyl sites for hydroxylation is 1. The molecule has 2 amide bonds. The molecule has 0 atom stereocenters. The van der Waals surface area contributed by atoms with Gasteiger partial charge in [0.05, 0.1) is 33.6 Å². The first kappa shape index (κ1) is 20.7. The fourth-order valence-corrected chi connectivity index (χ4v) is 3.03. The zero-order valence-corrected chi connectivity index (χ0v) is 15.9. The van der Waals surface area contributed by atoms with Crippen molar-refractivity contribution in [2.45, 2.75) is 5.03 Å². The number of methoxy groups -OCH3 is 3. The molecule has 2 aromatic heterocycles. The van der Waals surface area contributed by atoms with Crippen molar-refractivity contribution in [3.05, 3.63) is 12.3 Å². The largest absolute Gasteiger partial charge is 0.513 e. The van der Waals surface area contributed by atoms with E-state index in [0.717, 1.165) is 18.0 Å². The number of carbonyl (C=O) groups excluding carboxylic acids is 2. The summed E-state index contributed by atoms with van der Waals surface area (Å²) in [6.45, 7) is 0. The summed E-state index contributed by atoms with van der Waals surface area (Å²) in [4.78, 5) is 31.0. The lowest BCUT2D eigenvalue weighted by Crippen LogP contribution is -2.36. The third-order valence-corrected chi connectivity index (χ3v) is 4.45. The number of urea groups is 1. The van der Waals surface area contributed by atoms with Gasteiger partial charge in [0, 0.05) is 7.05 Å². The van der Waals surface area contributed by atoms with E-state index in [9.17, 15) is 18.0 Å². The average molecular weight is 416 g/mol. The number of hydrogen-bond acceptors (Lipinski definition) is 11. The SMILES string of the molecule is COC(=O)Oc1cnn(C)c1S(=O)(=O)NC(=O)Nc1nc(OC)cc(OC)n1. The van der Waals surface area contributed by atoms with Gasteiger partial charge in [-0.3, -0.25) is 10.00 Å². The summed E-state index contributed by atoms with van der Waals surface area (Å²) in [5.74, 6) is -0.565. The van der Waals surface area contributed by atoms with Gasteiger partial charge in [-0.25, -0.2) is 14.3 Å². The molecule has 14 nitrogen and oxygen atoms in total. The van der Waals surface area contributed by atoms with Crippen LogP contribution in [-0.2, 0) is 21.8 Å². The molecule has 0 aliphatic carbocycles. The molecule has 28 heavy (non-hydrogen) atoms. The van der Waals surface area contributed by atoms with Gasteiger partial charge < -0.3 is 18.9 Å². The second kappa shape index (κ2) is 8.38. The maximum Gasteiger partial charge on any atom is 0.513 e. The van der Waals surface area contributed by atoms with Crippen LogP contribution in [0.25, 0.3) is 0 Å². The maximum absolute atomic E-state index is 12.5. The van der Waals surface area contributed by atoms with Crippen molar-refractivity contribution in [1.29, 1.82) is 0 Å². The van der Waals surface area contributed by atoms with E-state index < -0.39 is 33.0 Å². The van der Waals surface area contributed by atoms with Crippen LogP contribution in [0.1, 0.15) is 0 Å². The first-order chi connectivity index (χ1) is 13.2. The third kappa shape index (κ3) is 4.76. The van der Waals surface area contributed by atoms with Crippen LogP contribution in [-0.4, -0.2) is 61.7 Å². The fraction of sp³-hybridized carbons (Fsp3) is 0.308. The standard InChI is InChI=1S/C13H16N6O8S/c1-19-10(7(6-14-19)27-13(21)26-4)28(22,23)18-12(20)17-11-15-8(24-2)5-9(16-11)25-3/h5-6H,1-4H3,(H2,15,16,17,18,20). The molecule has 15 heteroatoms. The highest BCUT2D eigenvalue weighted by Gasteiger charge is 2.29. The van der Waals surface area contributed by atoms with E-state index in [-0.39, 0.29) is 17.7 Å². The Bertz CT molecular complexity index is 967. The minimum atomic E-state index is -4.50. The number of ether oxygens (including phenoxy) is 4. The van der Waals surface area contributed by atoms with E-state index in [2.05, 4.69) is 25.1 Å². The molecule has 0 unspecified atom stereocenters. The number of nitrogens with one attached hydrogen (secondary N) is 2. The zero-order chi connectivity index (χ0) is 20.9. The summed E-state index contributed by atoms with van der Waals surface area (Å²) in [7, 11) is 0.487. The van der Waals surface area contributed by atoms with Crippen molar-refractivity contribution in [2.24, 2.45) is 7.05 Å². The number of aromatic nitrogens is 4. The van der Waals surface area contributed by atoms with Gasteiger partial charge in [0.25, 0.3) is 10.0 Å². The maximum atomic E-state index is 12.5. The van der Waals surface area contributed by atoms with Crippen LogP contribution in [0.4, 0.5) is 15.5 Å². The highest BCUT2D eigenvalue weighted by Crippen LogP contribution is 2.23. The van der Waals surface area contributed by atoms with Crippen LogP contribution in [0.15, 0.2) is 17.3 Å². The molecule has 0 saturated heterocycles. The van der Waals surface area contributed by atoms with Crippen LogP contribution >= 0.6 is 0 Å². The molecule has 0 saturated carbocycles. The molecule has 152 valence electrons. The van der Waals surface area contributed by atoms with Gasteiger partial charge in [0.1, 0.15) is 0 Å². The first-order valence-electron chi connectivity index (χ1n) is 7.28. The number of rotatable bonds is 6. The number of sulfonamides is 1. The molecule has 0 spiro atoms. The Morgan fingerprint density at radius 2 is 1.71 bits per heavy atom. The van der Waals surface area contributed by atoms with Gasteiger partial charge in [-0.05, 0) is 0 Å². The van der Waals surface area contributed by atoms with Gasteiger partial charge in [-0.15, -0.1) is 0 Å². The van der Waals surface area contributed by atoms with Gasteiger partial charge in [-0.1, -0.05) is 0 Å². The van der Waals surface area contributed by atoms with Crippen LogP contribution in [0, 0.1) is 0 Å². The predicted molar refractivity (Wildman–Crippen MR) is 90.7 cm³/mol. The second-order valence-corrected chi connectivity index (χ2v) is 6.43. The third-order valence-electron chi connectivity index (χ3n) is 3.02. The van der Waals surface area contributed by atoms with Crippen molar-refractivity contribution >= 4 is 28.2 Å². The van der Waals surface area contributed by atoms with E-state index in [0.29, 0.717) is 0 Å². The van der Waals surface area contributed by atoms with Gasteiger partial charge in [0.15, 0.2) is 5.75 Å². The normalized spacial score (nSPS) is 10.7. The molecule has 0 aliphatic heterocycles. The van der Waals surface area contributed by atoms with Gasteiger partial charge >= 0.3 is 12.2 Å². The summed E-state index contributed by atoms with van der Waals surface area (Å²) in [5.41, 5.74) is 0. The van der Waals surface area contributed by atoms with Crippen molar-refractivity contribution in [3.8, 4) is 17.5 Å². The van der Waals surface area contributed by atoms with Gasteiger partial charge in [0.2, 0.25) is 22.7 Å².